The highest BCUT2D eigenvalue weighted by Gasteiger charge is 2.16. The predicted molar refractivity (Wildman–Crippen MR) is 110 cm³/mol. The van der Waals surface area contributed by atoms with E-state index in [1.165, 1.54) is 48.5 Å². The molecule has 2 aromatic rings. The number of nitrogens with zero attached hydrogens (tertiary/aromatic N) is 3. The Morgan fingerprint density at radius 2 is 1.37 bits per heavy atom. The first-order valence-electron chi connectivity index (χ1n) is 8.79. The molecule has 2 N–H and O–H groups in total. The number of nitro benzene ring substituents is 2. The van der Waals surface area contributed by atoms with Crippen molar-refractivity contribution in [1.82, 2.24) is 4.90 Å². The van der Waals surface area contributed by atoms with Gasteiger partial charge in [0.2, 0.25) is 5.91 Å². The minimum absolute atomic E-state index is 0.0821. The minimum atomic E-state index is -0.567. The van der Waals surface area contributed by atoms with E-state index in [0.717, 1.165) is 13.0 Å². The third kappa shape index (κ3) is 6.41. The number of nitrogens with one attached hydrogen (secondary N) is 2. The molecule has 11 nitrogen and oxygen atoms in total. The molecule has 0 spiro atoms. The molecule has 0 aromatic heterocycles. The maximum Gasteiger partial charge on any atom is 0.323 e. The zero-order valence-electron chi connectivity index (χ0n) is 15.8. The molecule has 156 valence electrons. The summed E-state index contributed by atoms with van der Waals surface area (Å²) in [6.07, 6.45) is 3.28. The first-order chi connectivity index (χ1) is 14.3. The molecule has 0 saturated carbocycles. The van der Waals surface area contributed by atoms with Crippen LogP contribution in [0.2, 0.25) is 0 Å². The molecule has 3 rings (SSSR count). The molecule has 11 heteroatoms. The van der Waals surface area contributed by atoms with Gasteiger partial charge in [-0.25, -0.2) is 4.79 Å². The topological polar surface area (TPSA) is 148 Å². The fraction of sp³-hybridized carbons (Fsp3) is 0.158. The number of carbonyl (C=O) groups is 2. The first-order valence-corrected chi connectivity index (χ1v) is 8.79. The van der Waals surface area contributed by atoms with Crippen LogP contribution in [0.5, 0.6) is 0 Å². The number of anilines is 2. The summed E-state index contributed by atoms with van der Waals surface area (Å²) in [5, 5.41) is 26.0. The van der Waals surface area contributed by atoms with E-state index < -0.39 is 15.9 Å². The smallest absolute Gasteiger partial charge is 0.320 e. The SMILES string of the molecule is C=CN1CCCC1=O.O=C(Nc1ccc([N+](=O)[O-])cc1)Nc1ccc([N+](=O)[O-])cc1. The lowest BCUT2D eigenvalue weighted by Gasteiger charge is -2.07. The van der Waals surface area contributed by atoms with E-state index in [1.807, 2.05) is 0 Å². The second-order valence-corrected chi connectivity index (χ2v) is 6.06. The summed E-state index contributed by atoms with van der Waals surface area (Å²) in [4.78, 5) is 44.0. The average molecular weight is 413 g/mol. The van der Waals surface area contributed by atoms with Crippen molar-refractivity contribution in [2.75, 3.05) is 17.2 Å². The van der Waals surface area contributed by atoms with E-state index in [1.54, 1.807) is 11.1 Å². The zero-order valence-corrected chi connectivity index (χ0v) is 15.8. The molecule has 1 aliphatic heterocycles. The number of urea groups is 1. The molecule has 1 saturated heterocycles. The van der Waals surface area contributed by atoms with Crippen molar-refractivity contribution in [3.8, 4) is 0 Å². The number of nitro groups is 2. The summed E-state index contributed by atoms with van der Waals surface area (Å²) in [7, 11) is 0. The van der Waals surface area contributed by atoms with Gasteiger partial charge < -0.3 is 15.5 Å². The van der Waals surface area contributed by atoms with Crippen LogP contribution in [-0.4, -0.2) is 33.2 Å². The zero-order chi connectivity index (χ0) is 22.1. The quantitative estimate of drug-likeness (QED) is 0.561. The largest absolute Gasteiger partial charge is 0.323 e. The summed E-state index contributed by atoms with van der Waals surface area (Å²) in [6, 6.07) is 10.1. The summed E-state index contributed by atoms with van der Waals surface area (Å²) < 4.78 is 0. The molecule has 0 unspecified atom stereocenters. The van der Waals surface area contributed by atoms with Crippen LogP contribution in [0, 0.1) is 20.2 Å². The Labute approximate surface area is 171 Å². The van der Waals surface area contributed by atoms with Gasteiger partial charge in [0, 0.05) is 48.6 Å². The van der Waals surface area contributed by atoms with Crippen LogP contribution in [0.4, 0.5) is 27.5 Å². The number of carbonyl (C=O) groups excluding carboxylic acids is 2. The third-order valence-electron chi connectivity index (χ3n) is 4.00. The number of likely N-dealkylation sites (tertiary alicyclic amines) is 1. The Kier molecular flexibility index (Phi) is 7.57. The van der Waals surface area contributed by atoms with Gasteiger partial charge in [-0.15, -0.1) is 0 Å². The molecule has 0 bridgehead atoms. The highest BCUT2D eigenvalue weighted by molar-refractivity contribution is 5.99. The summed E-state index contributed by atoms with van der Waals surface area (Å²) in [5.74, 6) is 0.208. The molecule has 1 heterocycles. The van der Waals surface area contributed by atoms with Gasteiger partial charge in [-0.2, -0.15) is 0 Å². The highest BCUT2D eigenvalue weighted by Crippen LogP contribution is 2.17. The number of non-ortho nitro benzene ring substituents is 2. The van der Waals surface area contributed by atoms with Crippen LogP contribution in [0.15, 0.2) is 61.3 Å². The van der Waals surface area contributed by atoms with Gasteiger partial charge in [-0.3, -0.25) is 25.0 Å². The Bertz CT molecular complexity index is 881. The molecule has 0 radical (unpaired) electrons. The monoisotopic (exact) mass is 413 g/mol. The van der Waals surface area contributed by atoms with E-state index in [4.69, 9.17) is 0 Å². The normalized spacial score (nSPS) is 12.4. The standard InChI is InChI=1S/C13H10N4O5.C6H9NO/c18-13(14-9-1-5-11(6-2-9)16(19)20)15-10-3-7-12(8-4-10)17(21)22;1-2-7-5-3-4-6(7)8/h1-8H,(H2,14,15,18);2H,1,3-5H2. The molecular formula is C19H19N5O6. The van der Waals surface area contributed by atoms with Gasteiger partial charge >= 0.3 is 6.03 Å². The Morgan fingerprint density at radius 1 is 0.933 bits per heavy atom. The molecule has 0 atom stereocenters. The Morgan fingerprint density at radius 3 is 1.63 bits per heavy atom. The van der Waals surface area contributed by atoms with Gasteiger partial charge in [0.15, 0.2) is 0 Å². The lowest BCUT2D eigenvalue weighted by atomic mass is 10.3. The van der Waals surface area contributed by atoms with Crippen LogP contribution < -0.4 is 10.6 Å². The first kappa shape index (κ1) is 22.0. The highest BCUT2D eigenvalue weighted by atomic mass is 16.6. The van der Waals surface area contributed by atoms with Crippen LogP contribution >= 0.6 is 0 Å². The number of hydrogen-bond donors (Lipinski definition) is 2. The van der Waals surface area contributed by atoms with E-state index in [0.29, 0.717) is 17.8 Å². The summed E-state index contributed by atoms with van der Waals surface area (Å²) in [5.41, 5.74) is 0.595. The van der Waals surface area contributed by atoms with Crippen LogP contribution in [-0.2, 0) is 4.79 Å². The number of rotatable bonds is 5. The Balaban J connectivity index is 0.000000335. The number of hydrogen-bond acceptors (Lipinski definition) is 6. The maximum absolute atomic E-state index is 11.7. The fourth-order valence-electron chi connectivity index (χ4n) is 2.49. The molecule has 2 aromatic carbocycles. The van der Waals surface area contributed by atoms with E-state index in [9.17, 15) is 29.8 Å². The predicted octanol–water partition coefficient (Wildman–Crippen LogP) is 3.90. The summed E-state index contributed by atoms with van der Waals surface area (Å²) in [6.45, 7) is 4.36. The molecule has 0 aliphatic carbocycles. The van der Waals surface area contributed by atoms with Gasteiger partial charge in [-0.05, 0) is 36.9 Å². The number of amides is 3. The van der Waals surface area contributed by atoms with E-state index >= 15 is 0 Å². The molecule has 1 fully saturated rings. The van der Waals surface area contributed by atoms with E-state index in [-0.39, 0.29) is 17.3 Å². The van der Waals surface area contributed by atoms with Crippen LogP contribution in [0.25, 0.3) is 0 Å². The minimum Gasteiger partial charge on any atom is -0.320 e. The second-order valence-electron chi connectivity index (χ2n) is 6.06. The van der Waals surface area contributed by atoms with E-state index in [2.05, 4.69) is 17.2 Å². The van der Waals surface area contributed by atoms with Crippen molar-refractivity contribution in [3.05, 3.63) is 81.5 Å². The van der Waals surface area contributed by atoms with Crippen molar-refractivity contribution in [2.45, 2.75) is 12.8 Å². The van der Waals surface area contributed by atoms with Crippen molar-refractivity contribution in [1.29, 1.82) is 0 Å². The molecule has 1 aliphatic rings. The maximum atomic E-state index is 11.7. The van der Waals surface area contributed by atoms with Crippen LogP contribution in [0.3, 0.4) is 0 Å². The third-order valence-corrected chi connectivity index (χ3v) is 4.00. The lowest BCUT2D eigenvalue weighted by Crippen LogP contribution is -2.19. The summed E-state index contributed by atoms with van der Waals surface area (Å²) >= 11 is 0. The second kappa shape index (κ2) is 10.3. The van der Waals surface area contributed by atoms with Crippen molar-refractivity contribution < 1.29 is 19.4 Å². The van der Waals surface area contributed by atoms with Gasteiger partial charge in [0.25, 0.3) is 11.4 Å². The molecule has 30 heavy (non-hydrogen) atoms. The molecular weight excluding hydrogens is 394 g/mol. The Hall–Kier alpha value is -4.28. The number of benzene rings is 2. The van der Waals surface area contributed by atoms with Gasteiger partial charge in [-0.1, -0.05) is 6.58 Å². The van der Waals surface area contributed by atoms with Gasteiger partial charge in [0.1, 0.15) is 0 Å². The van der Waals surface area contributed by atoms with Gasteiger partial charge in [0.05, 0.1) is 9.85 Å². The fourth-order valence-corrected chi connectivity index (χ4v) is 2.49. The lowest BCUT2D eigenvalue weighted by molar-refractivity contribution is -0.385. The van der Waals surface area contributed by atoms with Crippen molar-refractivity contribution >= 4 is 34.7 Å². The van der Waals surface area contributed by atoms with Crippen molar-refractivity contribution in [3.63, 3.8) is 0 Å². The van der Waals surface area contributed by atoms with Crippen LogP contribution in [0.1, 0.15) is 12.8 Å². The average Bonchev–Trinajstić information content (AvgIpc) is 3.14. The molecule has 3 amide bonds. The van der Waals surface area contributed by atoms with Crippen molar-refractivity contribution in [2.24, 2.45) is 0 Å².